The molecule has 4 aliphatic rings. The number of ether oxygens (including phenoxy) is 2. The third kappa shape index (κ3) is 8.18. The van der Waals surface area contributed by atoms with E-state index in [1.54, 1.807) is 49.9 Å². The van der Waals surface area contributed by atoms with Crippen LogP contribution in [-0.4, -0.2) is 69.8 Å². The van der Waals surface area contributed by atoms with Gasteiger partial charge in [-0.05, 0) is 118 Å². The number of aromatic amines is 1. The Morgan fingerprint density at radius 2 is 1.59 bits per heavy atom. The van der Waals surface area contributed by atoms with Crippen LogP contribution in [0.1, 0.15) is 84.8 Å². The fourth-order valence-electron chi connectivity index (χ4n) is 11.6. The van der Waals surface area contributed by atoms with E-state index < -0.39 is 5.60 Å². The third-order valence-corrected chi connectivity index (χ3v) is 15.2. The molecule has 336 valence electrons. The summed E-state index contributed by atoms with van der Waals surface area (Å²) in [5, 5.41) is 24.7. The number of fused-ring (bicyclic) bond motifs is 1. The summed E-state index contributed by atoms with van der Waals surface area (Å²) in [5.41, 5.74) is 2.84. The molecule has 12 heteroatoms. The average Bonchev–Trinajstić information content (AvgIpc) is 3.73. The highest BCUT2D eigenvalue weighted by atomic mass is 35.5. The number of carbonyl (C=O) groups is 1. The van der Waals surface area contributed by atoms with E-state index in [-0.39, 0.29) is 40.4 Å². The number of aryl methyl sites for hydroxylation is 1. The molecule has 0 bridgehead atoms. The van der Waals surface area contributed by atoms with Crippen LogP contribution in [-0.2, 0) is 17.4 Å². The highest BCUT2D eigenvalue weighted by molar-refractivity contribution is 6.31. The molecule has 5 aromatic rings. The smallest absolute Gasteiger partial charge is 0.274 e. The van der Waals surface area contributed by atoms with Crippen molar-refractivity contribution in [3.8, 4) is 34.4 Å². The first-order chi connectivity index (χ1) is 30.4. The Hall–Kier alpha value is -5.28. The minimum absolute atomic E-state index is 0.0166. The predicted octanol–water partition coefficient (Wildman–Crippen LogP) is 9.39. The Morgan fingerprint density at radius 3 is 2.25 bits per heavy atom. The SMILES string of the molecule is Cn1cc(-c2cc(C(C)(C)O)ccc2Oc2ccc(N3CC(CC4CN(C5CCC(C(=O)NC6C(C)(C)C(Oc7ccc(C#N)c(Cl)c7)C6(C)C)CC5)C4)C3)cc2)c2cc[nH]c2c1=O. The van der Waals surface area contributed by atoms with E-state index in [2.05, 4.69) is 66.0 Å². The lowest BCUT2D eigenvalue weighted by Gasteiger charge is -2.63. The number of pyridine rings is 1. The van der Waals surface area contributed by atoms with Gasteiger partial charge in [-0.1, -0.05) is 45.4 Å². The lowest BCUT2D eigenvalue weighted by atomic mass is 9.49. The van der Waals surface area contributed by atoms with Gasteiger partial charge in [-0.15, -0.1) is 0 Å². The van der Waals surface area contributed by atoms with Gasteiger partial charge in [-0.3, -0.25) is 14.5 Å². The number of nitrogens with one attached hydrogen (secondary N) is 2. The minimum atomic E-state index is -1.05. The minimum Gasteiger partial charge on any atom is -0.489 e. The first kappa shape index (κ1) is 43.9. The molecule has 2 aliphatic heterocycles. The number of halogens is 1. The molecule has 0 spiro atoms. The van der Waals surface area contributed by atoms with Gasteiger partial charge in [0.05, 0.1) is 16.2 Å². The molecular formula is C52H61ClN6O5. The number of nitrogens with zero attached hydrogens (tertiary/aromatic N) is 4. The summed E-state index contributed by atoms with van der Waals surface area (Å²) in [7, 11) is 1.74. The molecule has 64 heavy (non-hydrogen) atoms. The van der Waals surface area contributed by atoms with Crippen molar-refractivity contribution in [1.29, 1.82) is 5.26 Å². The third-order valence-electron chi connectivity index (χ3n) is 14.9. The van der Waals surface area contributed by atoms with Crippen molar-refractivity contribution in [3.05, 3.63) is 106 Å². The molecule has 9 rings (SSSR count). The molecule has 11 nitrogen and oxygen atoms in total. The number of aliphatic hydroxyl groups is 1. The normalized spacial score (nSPS) is 23.4. The lowest BCUT2D eigenvalue weighted by Crippen LogP contribution is -2.75. The van der Waals surface area contributed by atoms with Crippen molar-refractivity contribution in [2.75, 3.05) is 31.1 Å². The van der Waals surface area contributed by atoms with Crippen LogP contribution in [0.4, 0.5) is 5.69 Å². The van der Waals surface area contributed by atoms with Crippen molar-refractivity contribution in [2.24, 2.45) is 35.6 Å². The number of aromatic nitrogens is 2. The van der Waals surface area contributed by atoms with Crippen LogP contribution in [0.15, 0.2) is 83.9 Å². The van der Waals surface area contributed by atoms with E-state index >= 15 is 0 Å². The predicted molar refractivity (Wildman–Crippen MR) is 252 cm³/mol. The van der Waals surface area contributed by atoms with Crippen LogP contribution in [0, 0.1) is 39.9 Å². The zero-order chi connectivity index (χ0) is 45.3. The second-order valence-electron chi connectivity index (χ2n) is 20.8. The standard InChI is InChI=1S/C52H61ClN6O5/c1-50(2)48(51(3,4)49(50)64-39-16-10-34(25-54)43(53)24-39)56-46(60)33-8-12-36(13-9-33)58-26-31(27-58)22-32-28-59(29-32)37-14-17-38(18-15-37)63-44-19-11-35(52(5,6)62)23-41(44)42-30-57(7)47(61)45-40(42)20-21-55-45/h10-11,14-21,23-24,30-33,36,48-49,55,62H,8-9,12-13,22,26-29H2,1-7H3,(H,56,60). The molecule has 2 aliphatic carbocycles. The van der Waals surface area contributed by atoms with E-state index in [4.69, 9.17) is 21.1 Å². The molecule has 1 amide bonds. The number of rotatable bonds is 12. The van der Waals surface area contributed by atoms with Gasteiger partial charge in [0.15, 0.2) is 0 Å². The van der Waals surface area contributed by atoms with Gasteiger partial charge in [-0.2, -0.15) is 5.26 Å². The number of amides is 1. The van der Waals surface area contributed by atoms with E-state index in [9.17, 15) is 20.0 Å². The maximum Gasteiger partial charge on any atom is 0.274 e. The first-order valence-corrected chi connectivity index (χ1v) is 23.3. The lowest BCUT2D eigenvalue weighted by molar-refractivity contribution is -0.175. The van der Waals surface area contributed by atoms with Crippen LogP contribution in [0.2, 0.25) is 5.02 Å². The Kier molecular flexibility index (Phi) is 11.4. The summed E-state index contributed by atoms with van der Waals surface area (Å²) in [4.78, 5) is 34.7. The fraction of sp³-hybridized carbons (Fsp3) is 0.481. The van der Waals surface area contributed by atoms with Gasteiger partial charge in [0.2, 0.25) is 5.91 Å². The average molecular weight is 886 g/mol. The van der Waals surface area contributed by atoms with Gasteiger partial charge < -0.3 is 34.3 Å². The van der Waals surface area contributed by atoms with Gasteiger partial charge >= 0.3 is 0 Å². The van der Waals surface area contributed by atoms with Gasteiger partial charge in [0.1, 0.15) is 34.9 Å². The highest BCUT2D eigenvalue weighted by Gasteiger charge is 2.64. The van der Waals surface area contributed by atoms with Crippen LogP contribution in [0.5, 0.6) is 17.2 Å². The highest BCUT2D eigenvalue weighted by Crippen LogP contribution is 2.56. The van der Waals surface area contributed by atoms with Crippen LogP contribution >= 0.6 is 11.6 Å². The van der Waals surface area contributed by atoms with Crippen molar-refractivity contribution in [3.63, 3.8) is 0 Å². The summed E-state index contributed by atoms with van der Waals surface area (Å²) < 4.78 is 14.5. The Morgan fingerprint density at radius 1 is 0.922 bits per heavy atom. The molecule has 2 saturated heterocycles. The summed E-state index contributed by atoms with van der Waals surface area (Å²) in [6, 6.07) is 23.8. The second kappa shape index (κ2) is 16.6. The van der Waals surface area contributed by atoms with Gasteiger partial charge in [-0.25, -0.2) is 0 Å². The zero-order valence-electron chi connectivity index (χ0n) is 38.1. The summed E-state index contributed by atoms with van der Waals surface area (Å²) in [6.07, 6.45) is 8.74. The molecule has 3 aromatic carbocycles. The number of likely N-dealkylation sites (tertiary alicyclic amines) is 1. The largest absolute Gasteiger partial charge is 0.489 e. The number of H-pyrrole nitrogens is 1. The number of nitriles is 1. The molecule has 0 atom stereocenters. The molecule has 0 radical (unpaired) electrons. The molecule has 0 unspecified atom stereocenters. The Bertz CT molecular complexity index is 2640. The van der Waals surface area contributed by atoms with Crippen LogP contribution in [0.3, 0.4) is 0 Å². The number of benzene rings is 3. The summed E-state index contributed by atoms with van der Waals surface area (Å²) >= 11 is 6.28. The van der Waals surface area contributed by atoms with Crippen LogP contribution < -0.4 is 25.2 Å². The van der Waals surface area contributed by atoms with E-state index in [1.807, 2.05) is 42.6 Å². The summed E-state index contributed by atoms with van der Waals surface area (Å²) in [5.74, 6) is 3.65. The quantitative estimate of drug-likeness (QED) is 0.113. The number of hydrogen-bond acceptors (Lipinski definition) is 8. The number of anilines is 1. The van der Waals surface area contributed by atoms with Gasteiger partial charge in [0.25, 0.3) is 5.56 Å². The molecule has 3 N–H and O–H groups in total. The molecule has 4 heterocycles. The Labute approximate surface area is 381 Å². The van der Waals surface area contributed by atoms with Crippen molar-refractivity contribution >= 4 is 34.1 Å². The van der Waals surface area contributed by atoms with Crippen molar-refractivity contribution in [1.82, 2.24) is 19.8 Å². The molecule has 2 saturated carbocycles. The van der Waals surface area contributed by atoms with E-state index in [1.165, 1.54) is 12.1 Å². The molecular weight excluding hydrogens is 824 g/mol. The monoisotopic (exact) mass is 884 g/mol. The fourth-order valence-corrected chi connectivity index (χ4v) is 11.8. The molecule has 4 fully saturated rings. The van der Waals surface area contributed by atoms with Crippen molar-refractivity contribution in [2.45, 2.75) is 97.4 Å². The van der Waals surface area contributed by atoms with E-state index in [0.29, 0.717) is 39.6 Å². The maximum atomic E-state index is 13.7. The second-order valence-corrected chi connectivity index (χ2v) is 21.2. The Balaban J connectivity index is 0.723. The first-order valence-electron chi connectivity index (χ1n) is 22.9. The van der Waals surface area contributed by atoms with E-state index in [0.717, 1.165) is 85.6 Å². The maximum absolute atomic E-state index is 13.7. The number of carbonyl (C=O) groups excluding carboxylic acids is 1. The van der Waals surface area contributed by atoms with Gasteiger partial charge in [0, 0.05) is 103 Å². The summed E-state index contributed by atoms with van der Waals surface area (Å²) in [6.45, 7) is 16.6. The molecule has 2 aromatic heterocycles. The number of hydrogen-bond donors (Lipinski definition) is 3. The zero-order valence-corrected chi connectivity index (χ0v) is 38.8. The van der Waals surface area contributed by atoms with Crippen LogP contribution in [0.25, 0.3) is 22.0 Å². The topological polar surface area (TPSA) is 136 Å². The van der Waals surface area contributed by atoms with Crippen molar-refractivity contribution < 1.29 is 19.4 Å².